The molecule has 51 heavy (non-hydrogen) atoms. The molecule has 0 amide bonds. The van der Waals surface area contributed by atoms with Crippen LogP contribution >= 0.6 is 0 Å². The third kappa shape index (κ3) is 7.64. The van der Waals surface area contributed by atoms with Crippen LogP contribution in [0.4, 0.5) is 24.7 Å². The van der Waals surface area contributed by atoms with E-state index in [0.717, 1.165) is 44.2 Å². The van der Waals surface area contributed by atoms with E-state index in [0.29, 0.717) is 73.3 Å². The van der Waals surface area contributed by atoms with Crippen LogP contribution in [0, 0.1) is 5.41 Å². The number of fused-ring (bicyclic) bond motifs is 1. The van der Waals surface area contributed by atoms with Gasteiger partial charge >= 0.3 is 12.1 Å². The molecule has 4 aromatic heterocycles. The van der Waals surface area contributed by atoms with Crippen molar-refractivity contribution in [2.24, 2.45) is 5.41 Å². The summed E-state index contributed by atoms with van der Waals surface area (Å²) < 4.78 is 58.7. The number of hydrogen-bond acceptors (Lipinski definition) is 11. The number of piperidine rings is 1. The Hall–Kier alpha value is -4.37. The fourth-order valence-electron chi connectivity index (χ4n) is 7.54. The summed E-state index contributed by atoms with van der Waals surface area (Å²) in [5.74, 6) is 0.610. The molecule has 272 valence electrons. The number of carbonyl (C=O) groups excluding carboxylic acids is 1. The molecule has 15 heteroatoms. The molecule has 0 unspecified atom stereocenters. The molecule has 2 saturated carbocycles. The lowest BCUT2D eigenvalue weighted by Crippen LogP contribution is -2.38. The van der Waals surface area contributed by atoms with Crippen LogP contribution in [0.3, 0.4) is 0 Å². The highest BCUT2D eigenvalue weighted by Crippen LogP contribution is 2.46. The van der Waals surface area contributed by atoms with Crippen LogP contribution in [-0.4, -0.2) is 96.1 Å². The first-order chi connectivity index (χ1) is 24.6. The fraction of sp³-hybridized carbons (Fsp3) is 0.556. The number of methoxy groups -OCH3 is 2. The van der Waals surface area contributed by atoms with E-state index in [1.54, 1.807) is 19.5 Å². The number of anilines is 2. The maximum Gasteiger partial charge on any atom is 0.418 e. The normalized spacial score (nSPS) is 18.0. The molecule has 0 bridgehead atoms. The quantitative estimate of drug-likeness (QED) is 0.170. The van der Waals surface area contributed by atoms with E-state index in [2.05, 4.69) is 34.5 Å². The second-order valence-electron chi connectivity index (χ2n) is 14.1. The fourth-order valence-corrected chi connectivity index (χ4v) is 7.54. The van der Waals surface area contributed by atoms with Gasteiger partial charge in [-0.25, -0.2) is 24.7 Å². The number of nitrogens with one attached hydrogen (secondary N) is 1. The Morgan fingerprint density at radius 1 is 1.00 bits per heavy atom. The average Bonchev–Trinajstić information content (AvgIpc) is 3.73. The lowest BCUT2D eigenvalue weighted by molar-refractivity contribution is -0.148. The Morgan fingerprint density at radius 3 is 2.41 bits per heavy atom. The minimum absolute atomic E-state index is 0.0298. The predicted molar refractivity (Wildman–Crippen MR) is 184 cm³/mol. The van der Waals surface area contributed by atoms with Gasteiger partial charge in [0.1, 0.15) is 23.6 Å². The number of alkyl halides is 3. The molecule has 1 saturated heterocycles. The number of carbonyl (C=O) groups is 1. The van der Waals surface area contributed by atoms with Crippen molar-refractivity contribution in [3.8, 4) is 22.8 Å². The van der Waals surface area contributed by atoms with Crippen LogP contribution in [0.2, 0.25) is 0 Å². The highest BCUT2D eigenvalue weighted by Gasteiger charge is 2.40. The summed E-state index contributed by atoms with van der Waals surface area (Å²) in [4.78, 5) is 42.3. The van der Waals surface area contributed by atoms with Crippen molar-refractivity contribution in [1.82, 2.24) is 29.9 Å². The highest BCUT2D eigenvalue weighted by atomic mass is 19.4. The molecule has 0 radical (unpaired) electrons. The number of halogens is 3. The van der Waals surface area contributed by atoms with Gasteiger partial charge in [0, 0.05) is 56.9 Å². The van der Waals surface area contributed by atoms with E-state index in [1.807, 2.05) is 13.1 Å². The Kier molecular flexibility index (Phi) is 9.85. The topological polar surface area (TPSA) is 131 Å². The first-order valence-corrected chi connectivity index (χ1v) is 17.5. The van der Waals surface area contributed by atoms with Crippen LogP contribution in [0.5, 0.6) is 0 Å². The molecular formula is C36H43F3N8O4. The maximum absolute atomic E-state index is 14.2. The first-order valence-electron chi connectivity index (χ1n) is 17.5. The Morgan fingerprint density at radius 2 is 1.76 bits per heavy atom. The Bertz CT molecular complexity index is 1850. The molecule has 1 aliphatic heterocycles. The summed E-state index contributed by atoms with van der Waals surface area (Å²) >= 11 is 0. The van der Waals surface area contributed by atoms with Crippen LogP contribution in [0.1, 0.15) is 68.5 Å². The van der Waals surface area contributed by atoms with Gasteiger partial charge in [0.2, 0.25) is 0 Å². The number of nitrogens with zero attached hydrogens (tertiary/aromatic N) is 7. The van der Waals surface area contributed by atoms with Crippen LogP contribution < -0.4 is 9.80 Å². The number of ether oxygens (including phenoxy) is 3. The smallest absolute Gasteiger partial charge is 0.418 e. The number of rotatable bonds is 12. The minimum atomic E-state index is -4.53. The second kappa shape index (κ2) is 14.3. The van der Waals surface area contributed by atoms with Crippen molar-refractivity contribution in [2.45, 2.75) is 69.6 Å². The van der Waals surface area contributed by atoms with Gasteiger partial charge < -0.3 is 29.0 Å². The summed E-state index contributed by atoms with van der Waals surface area (Å²) in [5.41, 5.74) is 2.27. The second-order valence-corrected chi connectivity index (χ2v) is 14.1. The van der Waals surface area contributed by atoms with Gasteiger partial charge in [-0.05, 0) is 50.7 Å². The predicted octanol–water partition coefficient (Wildman–Crippen LogP) is 6.17. The summed E-state index contributed by atoms with van der Waals surface area (Å²) in [6, 6.07) is 2.99. The first kappa shape index (κ1) is 35.1. The third-order valence-corrected chi connectivity index (χ3v) is 10.3. The molecule has 5 heterocycles. The lowest BCUT2D eigenvalue weighted by Gasteiger charge is -2.34. The van der Waals surface area contributed by atoms with Crippen molar-refractivity contribution < 1.29 is 32.2 Å². The SMILES string of the molecule is COCC1(CN(C)c2cc(-c3cnc(C4CC4)c(C(F)(F)F)c3)nc3nc(-c4cnc(N5CCC(OCC(=O)OC)CC5)cn4)[nH]c23)CCCC1. The van der Waals surface area contributed by atoms with Crippen molar-refractivity contribution in [1.29, 1.82) is 0 Å². The zero-order chi connectivity index (χ0) is 35.8. The third-order valence-electron chi connectivity index (χ3n) is 10.3. The molecule has 7 rings (SSSR count). The summed E-state index contributed by atoms with van der Waals surface area (Å²) in [5, 5.41) is 0. The van der Waals surface area contributed by atoms with Gasteiger partial charge in [-0.15, -0.1) is 0 Å². The van der Waals surface area contributed by atoms with Gasteiger partial charge in [0.05, 0.1) is 54.9 Å². The lowest BCUT2D eigenvalue weighted by atomic mass is 9.86. The van der Waals surface area contributed by atoms with Gasteiger partial charge in [0.25, 0.3) is 0 Å². The number of H-pyrrole nitrogens is 1. The number of imidazole rings is 1. The van der Waals surface area contributed by atoms with E-state index in [4.69, 9.17) is 19.4 Å². The number of hydrogen-bond donors (Lipinski definition) is 1. The molecule has 1 N–H and O–H groups in total. The monoisotopic (exact) mass is 708 g/mol. The van der Waals surface area contributed by atoms with Crippen molar-refractivity contribution in [3.63, 3.8) is 0 Å². The molecule has 0 spiro atoms. The molecule has 2 aliphatic carbocycles. The van der Waals surface area contributed by atoms with Gasteiger partial charge in [-0.1, -0.05) is 12.8 Å². The molecule has 0 aromatic carbocycles. The van der Waals surface area contributed by atoms with E-state index in [-0.39, 0.29) is 35.3 Å². The number of pyridine rings is 2. The van der Waals surface area contributed by atoms with Crippen molar-refractivity contribution in [3.05, 3.63) is 42.0 Å². The van der Waals surface area contributed by atoms with Gasteiger partial charge in [-0.3, -0.25) is 4.98 Å². The number of aromatic nitrogens is 6. The Balaban J connectivity index is 1.19. The van der Waals surface area contributed by atoms with E-state index in [9.17, 15) is 18.0 Å². The molecule has 3 aliphatic rings. The highest BCUT2D eigenvalue weighted by molar-refractivity contribution is 5.91. The summed E-state index contributed by atoms with van der Waals surface area (Å²) in [6.07, 6.45) is 7.50. The minimum Gasteiger partial charge on any atom is -0.467 e. The molecule has 12 nitrogen and oxygen atoms in total. The van der Waals surface area contributed by atoms with Crippen molar-refractivity contribution >= 4 is 28.6 Å². The van der Waals surface area contributed by atoms with Crippen LogP contribution in [0.15, 0.2) is 30.7 Å². The van der Waals surface area contributed by atoms with Gasteiger partial charge in [0.15, 0.2) is 11.5 Å². The van der Waals surface area contributed by atoms with Crippen LogP contribution in [-0.2, 0) is 25.2 Å². The Labute approximate surface area is 294 Å². The van der Waals surface area contributed by atoms with Crippen molar-refractivity contribution in [2.75, 3.05) is 63.9 Å². The molecular weight excluding hydrogens is 665 g/mol. The van der Waals surface area contributed by atoms with E-state index >= 15 is 0 Å². The zero-order valence-corrected chi connectivity index (χ0v) is 29.1. The van der Waals surface area contributed by atoms with Crippen LogP contribution in [0.25, 0.3) is 33.9 Å². The maximum atomic E-state index is 14.2. The van der Waals surface area contributed by atoms with Gasteiger partial charge in [-0.2, -0.15) is 13.2 Å². The number of aromatic amines is 1. The zero-order valence-electron chi connectivity index (χ0n) is 29.1. The summed E-state index contributed by atoms with van der Waals surface area (Å²) in [7, 11) is 5.05. The summed E-state index contributed by atoms with van der Waals surface area (Å²) in [6.45, 7) is 2.65. The molecule has 4 aromatic rings. The molecule has 0 atom stereocenters. The average molecular weight is 709 g/mol. The van der Waals surface area contributed by atoms with E-state index < -0.39 is 17.7 Å². The van der Waals surface area contributed by atoms with E-state index in [1.165, 1.54) is 19.4 Å². The number of esters is 1. The largest absolute Gasteiger partial charge is 0.467 e. The standard InChI is InChI=1S/C36H43F3N8O4/c1-46(20-35(21-49-2)10-4-5-11-35)28-15-26(23-14-25(36(37,38)39)31(42-16-23)22-6-7-22)43-34-32(28)44-33(45-34)27-17-41-29(18-40-27)47-12-8-24(9-13-47)51-19-30(48)50-3/h14-18,22,24H,4-13,19-21H2,1-3H3,(H,43,44,45). The molecule has 3 fully saturated rings.